The van der Waals surface area contributed by atoms with Gasteiger partial charge in [-0.1, -0.05) is 46.3 Å². The van der Waals surface area contributed by atoms with Crippen LogP contribution in [0.4, 0.5) is 0 Å². The lowest BCUT2D eigenvalue weighted by atomic mass is 10.2. The minimum Gasteiger partial charge on any atom is -0.468 e. The first-order valence-corrected chi connectivity index (χ1v) is 5.21. The van der Waals surface area contributed by atoms with E-state index in [0.29, 0.717) is 0 Å². The predicted molar refractivity (Wildman–Crippen MR) is 57.6 cm³/mol. The molecule has 0 amide bonds. The normalized spacial score (nSPS) is 14.1. The SMILES string of the molecule is BrCC1=CC=c2ccccc2=CO1. The van der Waals surface area contributed by atoms with E-state index in [1.54, 1.807) is 6.26 Å². The van der Waals surface area contributed by atoms with Crippen molar-refractivity contribution < 1.29 is 4.74 Å². The van der Waals surface area contributed by atoms with Crippen LogP contribution in [0.1, 0.15) is 0 Å². The van der Waals surface area contributed by atoms with E-state index < -0.39 is 0 Å². The van der Waals surface area contributed by atoms with Gasteiger partial charge in [-0.15, -0.1) is 0 Å². The van der Waals surface area contributed by atoms with Crippen molar-refractivity contribution in [3.8, 4) is 0 Å². The third-order valence-corrected chi connectivity index (χ3v) is 2.47. The van der Waals surface area contributed by atoms with Crippen LogP contribution >= 0.6 is 15.9 Å². The third kappa shape index (κ3) is 1.83. The Bertz CT molecular complexity index is 445. The van der Waals surface area contributed by atoms with Gasteiger partial charge in [0, 0.05) is 5.22 Å². The van der Waals surface area contributed by atoms with Gasteiger partial charge in [-0.25, -0.2) is 0 Å². The van der Waals surface area contributed by atoms with Gasteiger partial charge in [0.2, 0.25) is 0 Å². The number of hydrogen-bond donors (Lipinski definition) is 0. The maximum absolute atomic E-state index is 5.44. The first-order chi connectivity index (χ1) is 6.40. The summed E-state index contributed by atoms with van der Waals surface area (Å²) in [4.78, 5) is 0. The molecule has 0 bridgehead atoms. The van der Waals surface area contributed by atoms with Crippen molar-refractivity contribution >= 4 is 28.3 Å². The summed E-state index contributed by atoms with van der Waals surface area (Å²) in [7, 11) is 0. The van der Waals surface area contributed by atoms with E-state index >= 15 is 0 Å². The lowest BCUT2D eigenvalue weighted by Crippen LogP contribution is -2.22. The Morgan fingerprint density at radius 3 is 2.62 bits per heavy atom. The molecule has 2 rings (SSSR count). The van der Waals surface area contributed by atoms with E-state index in [0.717, 1.165) is 16.3 Å². The Morgan fingerprint density at radius 1 is 1.08 bits per heavy atom. The number of fused-ring (bicyclic) bond motifs is 1. The van der Waals surface area contributed by atoms with Gasteiger partial charge in [0.05, 0.1) is 11.6 Å². The number of halogens is 1. The van der Waals surface area contributed by atoms with Gasteiger partial charge in [0.1, 0.15) is 5.76 Å². The predicted octanol–water partition coefficient (Wildman–Crippen LogP) is 1.51. The van der Waals surface area contributed by atoms with Crippen LogP contribution in [0.3, 0.4) is 0 Å². The molecule has 1 aliphatic rings. The molecule has 1 aromatic carbocycles. The molecule has 1 aliphatic heterocycles. The molecule has 0 N–H and O–H groups in total. The minimum atomic E-state index is 0.744. The van der Waals surface area contributed by atoms with E-state index in [-0.39, 0.29) is 0 Å². The van der Waals surface area contributed by atoms with Gasteiger partial charge in [-0.3, -0.25) is 0 Å². The molecule has 1 nitrogen and oxygen atoms in total. The second-order valence-electron chi connectivity index (χ2n) is 2.80. The van der Waals surface area contributed by atoms with E-state index in [2.05, 4.69) is 28.1 Å². The van der Waals surface area contributed by atoms with Crippen LogP contribution in [0, 0.1) is 0 Å². The van der Waals surface area contributed by atoms with Gasteiger partial charge in [0.15, 0.2) is 0 Å². The highest BCUT2D eigenvalue weighted by Gasteiger charge is 1.95. The van der Waals surface area contributed by atoms with Crippen molar-refractivity contribution in [1.82, 2.24) is 0 Å². The van der Waals surface area contributed by atoms with E-state index in [4.69, 9.17) is 4.74 Å². The van der Waals surface area contributed by atoms with Gasteiger partial charge in [-0.2, -0.15) is 0 Å². The monoisotopic (exact) mass is 236 g/mol. The zero-order chi connectivity index (χ0) is 9.10. The highest BCUT2D eigenvalue weighted by atomic mass is 79.9. The summed E-state index contributed by atoms with van der Waals surface area (Å²) in [6.45, 7) is 0. The molecule has 0 atom stereocenters. The Balaban J connectivity index is 2.58. The molecule has 0 unspecified atom stereocenters. The van der Waals surface area contributed by atoms with Crippen molar-refractivity contribution in [3.63, 3.8) is 0 Å². The molecule has 0 aromatic heterocycles. The molecule has 2 heteroatoms. The van der Waals surface area contributed by atoms with Crippen LogP contribution in [0.5, 0.6) is 0 Å². The zero-order valence-electron chi connectivity index (χ0n) is 7.03. The smallest absolute Gasteiger partial charge is 0.114 e. The summed E-state index contributed by atoms with van der Waals surface area (Å²) in [6.07, 6.45) is 5.83. The van der Waals surface area contributed by atoms with Crippen molar-refractivity contribution in [2.45, 2.75) is 0 Å². The second kappa shape index (κ2) is 3.79. The van der Waals surface area contributed by atoms with Crippen molar-refractivity contribution in [3.05, 3.63) is 46.5 Å². The molecule has 0 fully saturated rings. The maximum Gasteiger partial charge on any atom is 0.114 e. The summed E-state index contributed by atoms with van der Waals surface area (Å²) < 4.78 is 5.44. The fraction of sp³-hybridized carbons (Fsp3) is 0.0909. The van der Waals surface area contributed by atoms with Crippen molar-refractivity contribution in [2.24, 2.45) is 0 Å². The number of ether oxygens (including phenoxy) is 1. The molecule has 0 spiro atoms. The lowest BCUT2D eigenvalue weighted by Gasteiger charge is -1.97. The minimum absolute atomic E-state index is 0.744. The highest BCUT2D eigenvalue weighted by molar-refractivity contribution is 9.09. The summed E-state index contributed by atoms with van der Waals surface area (Å²) in [6, 6.07) is 8.14. The Morgan fingerprint density at radius 2 is 1.85 bits per heavy atom. The first kappa shape index (κ1) is 8.57. The fourth-order valence-electron chi connectivity index (χ4n) is 1.21. The molecule has 0 radical (unpaired) electrons. The Hall–Kier alpha value is -1.02. The van der Waals surface area contributed by atoms with E-state index in [9.17, 15) is 0 Å². The molecule has 1 heterocycles. The van der Waals surface area contributed by atoms with Crippen molar-refractivity contribution in [1.29, 1.82) is 0 Å². The van der Waals surface area contributed by atoms with Crippen LogP contribution in [-0.2, 0) is 4.74 Å². The third-order valence-electron chi connectivity index (χ3n) is 1.91. The average molecular weight is 237 g/mol. The molecule has 1 aromatic rings. The topological polar surface area (TPSA) is 9.23 Å². The second-order valence-corrected chi connectivity index (χ2v) is 3.36. The van der Waals surface area contributed by atoms with E-state index in [1.807, 2.05) is 24.3 Å². The van der Waals surface area contributed by atoms with Gasteiger partial charge < -0.3 is 4.74 Å². The van der Waals surface area contributed by atoms with Crippen molar-refractivity contribution in [2.75, 3.05) is 5.33 Å². The summed E-state index contributed by atoms with van der Waals surface area (Å²) in [5.41, 5.74) is 0. The average Bonchev–Trinajstić information content (AvgIpc) is 2.39. The molecule has 13 heavy (non-hydrogen) atoms. The highest BCUT2D eigenvalue weighted by Crippen LogP contribution is 2.03. The summed E-state index contributed by atoms with van der Waals surface area (Å²) in [5.74, 6) is 0.927. The maximum atomic E-state index is 5.44. The quantitative estimate of drug-likeness (QED) is 0.673. The largest absolute Gasteiger partial charge is 0.468 e. The molecular formula is C11H9BrO. The number of allylic oxidation sites excluding steroid dienone is 2. The molecule has 0 aliphatic carbocycles. The van der Waals surface area contributed by atoms with Crippen LogP contribution in [0.2, 0.25) is 0 Å². The van der Waals surface area contributed by atoms with Gasteiger partial charge in [-0.05, 0) is 11.3 Å². The van der Waals surface area contributed by atoms with Crippen LogP contribution in [0.25, 0.3) is 12.3 Å². The fourth-order valence-corrected chi connectivity index (χ4v) is 1.53. The molecule has 0 saturated heterocycles. The van der Waals surface area contributed by atoms with E-state index in [1.165, 1.54) is 5.22 Å². The van der Waals surface area contributed by atoms with Gasteiger partial charge >= 0.3 is 0 Å². The van der Waals surface area contributed by atoms with Crippen LogP contribution in [0.15, 0.2) is 36.1 Å². The Labute approximate surface area is 85.2 Å². The number of benzene rings is 1. The number of rotatable bonds is 1. The lowest BCUT2D eigenvalue weighted by molar-refractivity contribution is 0.410. The van der Waals surface area contributed by atoms with Crippen LogP contribution < -0.4 is 10.4 Å². The first-order valence-electron chi connectivity index (χ1n) is 4.09. The van der Waals surface area contributed by atoms with Crippen LogP contribution in [-0.4, -0.2) is 5.33 Å². The molecule has 66 valence electrons. The zero-order valence-corrected chi connectivity index (χ0v) is 8.62. The standard InChI is InChI=1S/C11H9BrO/c12-7-11-6-5-9-3-1-2-4-10(9)8-13-11/h1-6,8H,7H2. The van der Waals surface area contributed by atoms with Gasteiger partial charge in [0.25, 0.3) is 0 Å². The number of alkyl halides is 1. The molecule has 0 saturated carbocycles. The molecular weight excluding hydrogens is 228 g/mol. The summed E-state index contributed by atoms with van der Waals surface area (Å²) >= 11 is 3.36. The number of hydrogen-bond acceptors (Lipinski definition) is 1. The Kier molecular flexibility index (Phi) is 2.50. The summed E-state index contributed by atoms with van der Waals surface area (Å²) in [5, 5.41) is 3.06.